The fourth-order valence-corrected chi connectivity index (χ4v) is 4.25. The third kappa shape index (κ3) is 6.01. The zero-order valence-corrected chi connectivity index (χ0v) is 19.2. The lowest BCUT2D eigenvalue weighted by Crippen LogP contribution is -2.48. The van der Waals surface area contributed by atoms with Crippen molar-refractivity contribution in [3.8, 4) is 11.5 Å². The Morgan fingerprint density at radius 2 is 1.87 bits per heavy atom. The predicted molar refractivity (Wildman–Crippen MR) is 124 cm³/mol. The zero-order chi connectivity index (χ0) is 21.3. The molecular formula is C22H33N5O2S. The number of aryl methyl sites for hydroxylation is 1. The first-order valence-electron chi connectivity index (χ1n) is 10.6. The van der Waals surface area contributed by atoms with Crippen LogP contribution in [0.5, 0.6) is 11.5 Å². The Hall–Kier alpha value is -2.48. The van der Waals surface area contributed by atoms with E-state index < -0.39 is 0 Å². The van der Waals surface area contributed by atoms with E-state index in [4.69, 9.17) is 14.5 Å². The van der Waals surface area contributed by atoms with Crippen LogP contribution >= 0.6 is 11.3 Å². The molecule has 0 atom stereocenters. The highest BCUT2D eigenvalue weighted by atomic mass is 32.1. The van der Waals surface area contributed by atoms with Gasteiger partial charge in [0, 0.05) is 54.9 Å². The summed E-state index contributed by atoms with van der Waals surface area (Å²) in [5, 5.41) is 10.2. The largest absolute Gasteiger partial charge is 0.497 e. The number of methoxy groups -OCH3 is 2. The van der Waals surface area contributed by atoms with Gasteiger partial charge in [-0.1, -0.05) is 6.92 Å². The molecule has 3 rings (SSSR count). The SMILES string of the molecule is CCNC(=NCc1csc(CC)n1)NC1CCN(c2cc(OC)cc(OC)c2)CC1. The number of anilines is 1. The third-order valence-corrected chi connectivity index (χ3v) is 6.22. The van der Waals surface area contributed by atoms with E-state index in [0.717, 1.165) is 67.7 Å². The van der Waals surface area contributed by atoms with Crippen molar-refractivity contribution in [1.29, 1.82) is 0 Å². The second kappa shape index (κ2) is 11.1. The molecule has 1 fully saturated rings. The highest BCUT2D eigenvalue weighted by molar-refractivity contribution is 7.09. The van der Waals surface area contributed by atoms with Crippen molar-refractivity contribution >= 4 is 23.0 Å². The fourth-order valence-electron chi connectivity index (χ4n) is 3.51. The molecule has 0 unspecified atom stereocenters. The number of aromatic nitrogens is 1. The maximum absolute atomic E-state index is 5.41. The van der Waals surface area contributed by atoms with E-state index in [-0.39, 0.29) is 0 Å². The number of hydrogen-bond donors (Lipinski definition) is 2. The van der Waals surface area contributed by atoms with Crippen LogP contribution in [0.4, 0.5) is 5.69 Å². The molecule has 1 aliphatic rings. The summed E-state index contributed by atoms with van der Waals surface area (Å²) in [6.45, 7) is 7.61. The fraction of sp³-hybridized carbons (Fsp3) is 0.545. The highest BCUT2D eigenvalue weighted by Gasteiger charge is 2.21. The van der Waals surface area contributed by atoms with E-state index in [1.165, 1.54) is 5.01 Å². The van der Waals surface area contributed by atoms with Crippen LogP contribution in [0.3, 0.4) is 0 Å². The minimum atomic E-state index is 0.396. The number of piperidine rings is 1. The van der Waals surface area contributed by atoms with Crippen LogP contribution in [-0.4, -0.2) is 50.8 Å². The summed E-state index contributed by atoms with van der Waals surface area (Å²) in [4.78, 5) is 11.7. The minimum Gasteiger partial charge on any atom is -0.497 e. The molecule has 1 saturated heterocycles. The average molecular weight is 432 g/mol. The van der Waals surface area contributed by atoms with Gasteiger partial charge < -0.3 is 25.0 Å². The smallest absolute Gasteiger partial charge is 0.191 e. The first-order valence-corrected chi connectivity index (χ1v) is 11.5. The van der Waals surface area contributed by atoms with Gasteiger partial charge in [0.25, 0.3) is 0 Å². The Labute approximate surface area is 183 Å². The van der Waals surface area contributed by atoms with Gasteiger partial charge in [0.1, 0.15) is 11.5 Å². The molecule has 2 aromatic rings. The Morgan fingerprint density at radius 3 is 2.43 bits per heavy atom. The standard InChI is InChI=1S/C22H33N5O2S/c1-5-21-25-17(15-30-21)14-24-22(23-6-2)26-16-7-9-27(10-8-16)18-11-19(28-3)13-20(12-18)29-4/h11-13,15-16H,5-10,14H2,1-4H3,(H2,23,24,26). The molecule has 0 radical (unpaired) electrons. The maximum atomic E-state index is 5.41. The topological polar surface area (TPSA) is 71.0 Å². The molecule has 1 aromatic heterocycles. The predicted octanol–water partition coefficient (Wildman–Crippen LogP) is 3.45. The molecule has 0 spiro atoms. The summed E-state index contributed by atoms with van der Waals surface area (Å²) in [6, 6.07) is 6.44. The molecule has 8 heteroatoms. The normalized spacial score (nSPS) is 15.2. The van der Waals surface area contributed by atoms with Crippen LogP contribution in [0.1, 0.15) is 37.4 Å². The number of guanidine groups is 1. The number of benzene rings is 1. The van der Waals surface area contributed by atoms with Gasteiger partial charge in [0.2, 0.25) is 0 Å². The molecule has 7 nitrogen and oxygen atoms in total. The van der Waals surface area contributed by atoms with Gasteiger partial charge in [-0.25, -0.2) is 9.98 Å². The Kier molecular flexibility index (Phi) is 8.19. The van der Waals surface area contributed by atoms with Crippen LogP contribution in [0.15, 0.2) is 28.6 Å². The van der Waals surface area contributed by atoms with Gasteiger partial charge in [-0.2, -0.15) is 0 Å². The van der Waals surface area contributed by atoms with Crippen molar-refractivity contribution in [2.24, 2.45) is 4.99 Å². The Bertz CT molecular complexity index is 808. The minimum absolute atomic E-state index is 0.396. The van der Waals surface area contributed by atoms with Gasteiger partial charge in [-0.3, -0.25) is 0 Å². The van der Waals surface area contributed by atoms with Crippen molar-refractivity contribution < 1.29 is 9.47 Å². The quantitative estimate of drug-likeness (QED) is 0.493. The number of aliphatic imine (C=N–C) groups is 1. The monoisotopic (exact) mass is 431 g/mol. The molecule has 0 bridgehead atoms. The lowest BCUT2D eigenvalue weighted by molar-refractivity contribution is 0.393. The molecule has 30 heavy (non-hydrogen) atoms. The van der Waals surface area contributed by atoms with Crippen LogP contribution in [-0.2, 0) is 13.0 Å². The number of nitrogens with zero attached hydrogens (tertiary/aromatic N) is 3. The van der Waals surface area contributed by atoms with Crippen molar-refractivity contribution in [1.82, 2.24) is 15.6 Å². The van der Waals surface area contributed by atoms with Gasteiger partial charge in [0.05, 0.1) is 31.5 Å². The van der Waals surface area contributed by atoms with E-state index in [9.17, 15) is 0 Å². The number of hydrogen-bond acceptors (Lipinski definition) is 6. The van der Waals surface area contributed by atoms with E-state index in [1.54, 1.807) is 25.6 Å². The van der Waals surface area contributed by atoms with Gasteiger partial charge in [-0.15, -0.1) is 11.3 Å². The van der Waals surface area contributed by atoms with Gasteiger partial charge in [0.15, 0.2) is 5.96 Å². The van der Waals surface area contributed by atoms with E-state index in [1.807, 2.05) is 6.07 Å². The van der Waals surface area contributed by atoms with Crippen molar-refractivity contribution in [2.75, 3.05) is 38.8 Å². The van der Waals surface area contributed by atoms with Crippen molar-refractivity contribution in [3.63, 3.8) is 0 Å². The Balaban J connectivity index is 1.57. The molecule has 1 aromatic carbocycles. The highest BCUT2D eigenvalue weighted by Crippen LogP contribution is 2.30. The Morgan fingerprint density at radius 1 is 1.17 bits per heavy atom. The van der Waals surface area contributed by atoms with Crippen molar-refractivity contribution in [3.05, 3.63) is 34.3 Å². The number of nitrogens with one attached hydrogen (secondary N) is 2. The number of thiazole rings is 1. The first-order chi connectivity index (χ1) is 14.6. The number of rotatable bonds is 8. The maximum Gasteiger partial charge on any atom is 0.191 e. The lowest BCUT2D eigenvalue weighted by Gasteiger charge is -2.34. The van der Waals surface area contributed by atoms with E-state index >= 15 is 0 Å². The average Bonchev–Trinajstić information content (AvgIpc) is 3.26. The van der Waals surface area contributed by atoms with Crippen LogP contribution in [0.25, 0.3) is 0 Å². The van der Waals surface area contributed by atoms with Crippen LogP contribution < -0.4 is 25.0 Å². The molecule has 2 N–H and O–H groups in total. The summed E-state index contributed by atoms with van der Waals surface area (Å²) >= 11 is 1.71. The summed E-state index contributed by atoms with van der Waals surface area (Å²) in [5.74, 6) is 2.50. The summed E-state index contributed by atoms with van der Waals surface area (Å²) in [6.07, 6.45) is 3.06. The van der Waals surface area contributed by atoms with Gasteiger partial charge >= 0.3 is 0 Å². The first kappa shape index (κ1) is 22.2. The molecule has 0 aliphatic carbocycles. The molecular weight excluding hydrogens is 398 g/mol. The van der Waals surface area contributed by atoms with Crippen molar-refractivity contribution in [2.45, 2.75) is 45.7 Å². The molecule has 0 amide bonds. The third-order valence-electron chi connectivity index (χ3n) is 5.18. The zero-order valence-electron chi connectivity index (χ0n) is 18.4. The summed E-state index contributed by atoms with van der Waals surface area (Å²) in [7, 11) is 3.37. The van der Waals surface area contributed by atoms with E-state index in [2.05, 4.69) is 51.9 Å². The van der Waals surface area contributed by atoms with E-state index in [0.29, 0.717) is 12.6 Å². The van der Waals surface area contributed by atoms with Crippen LogP contribution in [0.2, 0.25) is 0 Å². The molecule has 1 aliphatic heterocycles. The molecule has 2 heterocycles. The number of ether oxygens (including phenoxy) is 2. The van der Waals surface area contributed by atoms with Crippen LogP contribution in [0, 0.1) is 0 Å². The van der Waals surface area contributed by atoms with Gasteiger partial charge in [-0.05, 0) is 26.2 Å². The summed E-state index contributed by atoms with van der Waals surface area (Å²) < 4.78 is 10.8. The molecule has 164 valence electrons. The lowest BCUT2D eigenvalue weighted by atomic mass is 10.0. The second-order valence-corrected chi connectivity index (χ2v) is 8.20. The molecule has 0 saturated carbocycles. The second-order valence-electron chi connectivity index (χ2n) is 7.26. The summed E-state index contributed by atoms with van der Waals surface area (Å²) in [5.41, 5.74) is 2.18.